The predicted octanol–water partition coefficient (Wildman–Crippen LogP) is 5.06. The SMILES string of the molecule is C.CC.CC.CC.CC.CNC(=O)CCC(C=O)NC(=O)c1ccc(N2CCC(C=O)CC2)cn1. The molecule has 0 spiro atoms. The lowest BCUT2D eigenvalue weighted by Gasteiger charge is -2.31. The predicted molar refractivity (Wildman–Crippen MR) is 148 cm³/mol. The minimum absolute atomic E-state index is 0. The van der Waals surface area contributed by atoms with Crippen LogP contribution in [0.4, 0.5) is 5.69 Å². The number of nitrogens with one attached hydrogen (secondary N) is 2. The van der Waals surface area contributed by atoms with Crippen LogP contribution in [0, 0.1) is 5.92 Å². The molecule has 0 radical (unpaired) electrons. The van der Waals surface area contributed by atoms with Crippen LogP contribution in [0.15, 0.2) is 18.3 Å². The van der Waals surface area contributed by atoms with Crippen molar-refractivity contribution in [2.45, 2.75) is 94.5 Å². The molecule has 1 atom stereocenters. The van der Waals surface area contributed by atoms with Gasteiger partial charge in [-0.25, -0.2) is 4.98 Å². The first-order valence-electron chi connectivity index (χ1n) is 12.7. The molecule has 0 bridgehead atoms. The summed E-state index contributed by atoms with van der Waals surface area (Å²) < 4.78 is 0. The second-order valence-electron chi connectivity index (χ2n) is 6.29. The van der Waals surface area contributed by atoms with Crippen molar-refractivity contribution in [2.24, 2.45) is 5.92 Å². The maximum absolute atomic E-state index is 12.2. The summed E-state index contributed by atoms with van der Waals surface area (Å²) >= 11 is 0. The standard InChI is InChI=1S/C18H24N4O4.4C2H6.CH4/c1-19-17(25)5-2-14(12-24)21-18(26)16-4-3-15(10-20-16)22-8-6-13(11-23)7-9-22;4*1-2;/h3-4,10-14H,2,5-9H2,1H3,(H,19,25)(H,21,26);4*1-2H3;1H4. The topological polar surface area (TPSA) is 108 Å². The molecule has 1 aromatic heterocycles. The largest absolute Gasteiger partial charge is 0.370 e. The Balaban J connectivity index is -0.000000484. The van der Waals surface area contributed by atoms with Gasteiger partial charge in [0, 0.05) is 32.5 Å². The molecule has 8 nitrogen and oxygen atoms in total. The Kier molecular flexibility index (Phi) is 31.0. The van der Waals surface area contributed by atoms with Gasteiger partial charge < -0.3 is 25.1 Å². The van der Waals surface area contributed by atoms with Gasteiger partial charge in [0.25, 0.3) is 5.91 Å². The van der Waals surface area contributed by atoms with Gasteiger partial charge >= 0.3 is 0 Å². The van der Waals surface area contributed by atoms with Crippen LogP contribution in [0.2, 0.25) is 0 Å². The van der Waals surface area contributed by atoms with Gasteiger partial charge in [-0.15, -0.1) is 0 Å². The molecule has 2 heterocycles. The van der Waals surface area contributed by atoms with Crippen molar-refractivity contribution in [3.05, 3.63) is 24.0 Å². The lowest BCUT2D eigenvalue weighted by molar-refractivity contribution is -0.121. The second-order valence-corrected chi connectivity index (χ2v) is 6.29. The number of pyridine rings is 1. The van der Waals surface area contributed by atoms with Crippen molar-refractivity contribution < 1.29 is 19.2 Å². The first-order valence-corrected chi connectivity index (χ1v) is 12.7. The van der Waals surface area contributed by atoms with E-state index in [0.29, 0.717) is 6.29 Å². The smallest absolute Gasteiger partial charge is 0.270 e. The van der Waals surface area contributed by atoms with E-state index < -0.39 is 11.9 Å². The van der Waals surface area contributed by atoms with E-state index in [1.807, 2.05) is 61.5 Å². The highest BCUT2D eigenvalue weighted by Crippen LogP contribution is 2.21. The number of nitrogens with zero attached hydrogens (tertiary/aromatic N) is 2. The molecule has 35 heavy (non-hydrogen) atoms. The molecule has 0 aliphatic carbocycles. The van der Waals surface area contributed by atoms with E-state index >= 15 is 0 Å². The van der Waals surface area contributed by atoms with E-state index in [2.05, 4.69) is 20.5 Å². The van der Waals surface area contributed by atoms with Crippen LogP contribution >= 0.6 is 0 Å². The third kappa shape index (κ3) is 16.5. The Hall–Kier alpha value is -2.77. The quantitative estimate of drug-likeness (QED) is 0.487. The molecule has 204 valence electrons. The zero-order valence-corrected chi connectivity index (χ0v) is 22.8. The molecular weight excluding hydrogens is 444 g/mol. The second kappa shape index (κ2) is 27.5. The molecule has 0 aromatic carbocycles. The minimum atomic E-state index is -0.733. The molecule has 2 N–H and O–H groups in total. The number of hydrogen-bond acceptors (Lipinski definition) is 6. The Morgan fingerprint density at radius 1 is 1.03 bits per heavy atom. The average Bonchev–Trinajstić information content (AvgIpc) is 2.95. The summed E-state index contributed by atoms with van der Waals surface area (Å²) in [5.74, 6) is -0.517. The highest BCUT2D eigenvalue weighted by Gasteiger charge is 2.20. The molecule has 1 unspecified atom stereocenters. The number of aromatic nitrogens is 1. The van der Waals surface area contributed by atoms with E-state index in [0.717, 1.165) is 37.9 Å². The van der Waals surface area contributed by atoms with Gasteiger partial charge in [-0.2, -0.15) is 0 Å². The van der Waals surface area contributed by atoms with Gasteiger partial charge in [0.05, 0.1) is 17.9 Å². The fourth-order valence-electron chi connectivity index (χ4n) is 2.83. The molecule has 1 saturated heterocycles. The number of aldehydes is 2. The van der Waals surface area contributed by atoms with Crippen molar-refractivity contribution in [1.29, 1.82) is 0 Å². The Morgan fingerprint density at radius 3 is 1.97 bits per heavy atom. The Labute approximate surface area is 214 Å². The number of piperidine rings is 1. The minimum Gasteiger partial charge on any atom is -0.370 e. The van der Waals surface area contributed by atoms with E-state index in [9.17, 15) is 19.2 Å². The van der Waals surface area contributed by atoms with Gasteiger partial charge in [0.15, 0.2) is 0 Å². The van der Waals surface area contributed by atoms with Crippen LogP contribution in [-0.4, -0.2) is 55.5 Å². The first-order chi connectivity index (χ1) is 16.6. The molecular formula is C27H52N4O4. The molecule has 2 amide bonds. The zero-order valence-electron chi connectivity index (χ0n) is 22.8. The first kappa shape index (κ1) is 39.4. The van der Waals surface area contributed by atoms with Crippen molar-refractivity contribution in [3.63, 3.8) is 0 Å². The molecule has 1 aromatic rings. The van der Waals surface area contributed by atoms with Crippen molar-refractivity contribution in [3.8, 4) is 0 Å². The van der Waals surface area contributed by atoms with Crippen LogP contribution in [0.3, 0.4) is 0 Å². The van der Waals surface area contributed by atoms with E-state index in [1.54, 1.807) is 12.3 Å². The third-order valence-electron chi connectivity index (χ3n) is 4.52. The number of amides is 2. The number of carbonyl (C=O) groups is 4. The third-order valence-corrected chi connectivity index (χ3v) is 4.52. The van der Waals surface area contributed by atoms with Crippen molar-refractivity contribution >= 4 is 30.1 Å². The zero-order chi connectivity index (χ0) is 26.9. The van der Waals surface area contributed by atoms with E-state index in [4.69, 9.17) is 0 Å². The number of anilines is 1. The molecule has 1 aliphatic rings. The lowest BCUT2D eigenvalue weighted by atomic mass is 9.98. The fraction of sp³-hybridized carbons (Fsp3) is 0.667. The van der Waals surface area contributed by atoms with Crippen LogP contribution in [0.25, 0.3) is 0 Å². The van der Waals surface area contributed by atoms with Crippen LogP contribution in [0.5, 0.6) is 0 Å². The van der Waals surface area contributed by atoms with Crippen molar-refractivity contribution in [2.75, 3.05) is 25.0 Å². The highest BCUT2D eigenvalue weighted by molar-refractivity contribution is 5.94. The highest BCUT2D eigenvalue weighted by atomic mass is 16.2. The van der Waals surface area contributed by atoms with Gasteiger partial charge in [-0.1, -0.05) is 62.8 Å². The van der Waals surface area contributed by atoms with Crippen LogP contribution < -0.4 is 15.5 Å². The summed E-state index contributed by atoms with van der Waals surface area (Å²) in [5.41, 5.74) is 1.11. The number of rotatable bonds is 8. The molecule has 8 heteroatoms. The summed E-state index contributed by atoms with van der Waals surface area (Å²) in [5, 5.41) is 5.04. The summed E-state index contributed by atoms with van der Waals surface area (Å²) in [4.78, 5) is 51.7. The monoisotopic (exact) mass is 496 g/mol. The normalized spacial score (nSPS) is 12.4. The average molecular weight is 497 g/mol. The molecule has 0 saturated carbocycles. The molecule has 1 aliphatic heterocycles. The molecule has 1 fully saturated rings. The summed E-state index contributed by atoms with van der Waals surface area (Å²) in [6, 6.07) is 2.68. The van der Waals surface area contributed by atoms with Crippen molar-refractivity contribution in [1.82, 2.24) is 15.6 Å². The van der Waals surface area contributed by atoms with Gasteiger partial charge in [0.1, 0.15) is 18.3 Å². The van der Waals surface area contributed by atoms with Gasteiger partial charge in [0.2, 0.25) is 5.91 Å². The Bertz CT molecular complexity index is 643. The van der Waals surface area contributed by atoms with Crippen LogP contribution in [0.1, 0.15) is 99.0 Å². The maximum Gasteiger partial charge on any atom is 0.270 e. The molecule has 2 rings (SSSR count). The Morgan fingerprint density at radius 2 is 1.57 bits per heavy atom. The summed E-state index contributed by atoms with van der Waals surface area (Å²) in [6.45, 7) is 17.6. The number of hydrogen-bond donors (Lipinski definition) is 2. The van der Waals surface area contributed by atoms with Gasteiger partial charge in [-0.05, 0) is 31.4 Å². The fourth-order valence-corrected chi connectivity index (χ4v) is 2.83. The lowest BCUT2D eigenvalue weighted by Crippen LogP contribution is -2.37. The van der Waals surface area contributed by atoms with E-state index in [-0.39, 0.29) is 37.8 Å². The van der Waals surface area contributed by atoms with E-state index in [1.165, 1.54) is 7.05 Å². The maximum atomic E-state index is 12.2. The van der Waals surface area contributed by atoms with Crippen LogP contribution in [-0.2, 0) is 14.4 Å². The van der Waals surface area contributed by atoms with Gasteiger partial charge in [-0.3, -0.25) is 9.59 Å². The number of carbonyl (C=O) groups excluding carboxylic acids is 4. The summed E-state index contributed by atoms with van der Waals surface area (Å²) in [6.07, 6.45) is 5.28. The summed E-state index contributed by atoms with van der Waals surface area (Å²) in [7, 11) is 1.52.